The molecule has 2 N–H and O–H groups in total. The SMILES string of the molecule is CC(CC(O)c1ccccc1)NC(=O)c1cc(Cl)sc1Cl. The van der Waals surface area contributed by atoms with E-state index < -0.39 is 6.10 Å². The molecule has 21 heavy (non-hydrogen) atoms. The van der Waals surface area contributed by atoms with E-state index >= 15 is 0 Å². The molecule has 3 nitrogen and oxygen atoms in total. The number of aliphatic hydroxyl groups excluding tert-OH is 1. The Morgan fingerprint density at radius 3 is 2.57 bits per heavy atom. The minimum atomic E-state index is -0.622. The van der Waals surface area contributed by atoms with Crippen molar-refractivity contribution < 1.29 is 9.90 Å². The summed E-state index contributed by atoms with van der Waals surface area (Å²) in [7, 11) is 0. The van der Waals surface area contributed by atoms with Gasteiger partial charge in [-0.1, -0.05) is 53.5 Å². The lowest BCUT2D eigenvalue weighted by Crippen LogP contribution is -2.33. The number of amides is 1. The Kier molecular flexibility index (Phi) is 5.65. The van der Waals surface area contributed by atoms with Crippen molar-refractivity contribution in [2.75, 3.05) is 0 Å². The molecule has 1 aromatic carbocycles. The molecule has 1 heterocycles. The molecule has 0 spiro atoms. The smallest absolute Gasteiger partial charge is 0.253 e. The quantitative estimate of drug-likeness (QED) is 0.850. The van der Waals surface area contributed by atoms with Crippen LogP contribution in [0.1, 0.15) is 35.4 Å². The standard InChI is InChI=1S/C15H15Cl2NO2S/c1-9(7-12(19)10-5-3-2-4-6-10)18-15(20)11-8-13(16)21-14(11)17/h2-6,8-9,12,19H,7H2,1H3,(H,18,20). The lowest BCUT2D eigenvalue weighted by atomic mass is 10.0. The van der Waals surface area contributed by atoms with Gasteiger partial charge in [-0.05, 0) is 25.0 Å². The highest BCUT2D eigenvalue weighted by atomic mass is 35.5. The molecule has 0 aliphatic rings. The van der Waals surface area contributed by atoms with E-state index in [-0.39, 0.29) is 11.9 Å². The summed E-state index contributed by atoms with van der Waals surface area (Å²) >= 11 is 12.9. The molecule has 0 saturated carbocycles. The van der Waals surface area contributed by atoms with Crippen LogP contribution in [0.2, 0.25) is 8.67 Å². The summed E-state index contributed by atoms with van der Waals surface area (Å²) in [6, 6.07) is 10.7. The van der Waals surface area contributed by atoms with E-state index in [1.165, 1.54) is 0 Å². The second kappa shape index (κ2) is 7.27. The number of carbonyl (C=O) groups excluding carboxylic acids is 1. The van der Waals surface area contributed by atoms with E-state index in [0.717, 1.165) is 16.9 Å². The van der Waals surface area contributed by atoms with E-state index in [0.29, 0.717) is 20.7 Å². The van der Waals surface area contributed by atoms with Gasteiger partial charge in [0.15, 0.2) is 0 Å². The Morgan fingerprint density at radius 2 is 2.00 bits per heavy atom. The van der Waals surface area contributed by atoms with Gasteiger partial charge in [-0.2, -0.15) is 0 Å². The van der Waals surface area contributed by atoms with Crippen LogP contribution in [0.4, 0.5) is 0 Å². The van der Waals surface area contributed by atoms with Crippen LogP contribution in [0.3, 0.4) is 0 Å². The van der Waals surface area contributed by atoms with Crippen molar-refractivity contribution in [3.63, 3.8) is 0 Å². The summed E-state index contributed by atoms with van der Waals surface area (Å²) in [6.45, 7) is 1.84. The topological polar surface area (TPSA) is 49.3 Å². The van der Waals surface area contributed by atoms with Crippen molar-refractivity contribution >= 4 is 40.4 Å². The van der Waals surface area contributed by atoms with Gasteiger partial charge in [-0.3, -0.25) is 4.79 Å². The zero-order valence-electron chi connectivity index (χ0n) is 11.3. The lowest BCUT2D eigenvalue weighted by Gasteiger charge is -2.18. The lowest BCUT2D eigenvalue weighted by molar-refractivity contribution is 0.0917. The van der Waals surface area contributed by atoms with Crippen molar-refractivity contribution in [3.05, 3.63) is 56.2 Å². The predicted octanol–water partition coefficient (Wildman–Crippen LogP) is 4.30. The van der Waals surface area contributed by atoms with Crippen molar-refractivity contribution in [1.82, 2.24) is 5.32 Å². The van der Waals surface area contributed by atoms with Crippen LogP contribution in [0.15, 0.2) is 36.4 Å². The average Bonchev–Trinajstić information content (AvgIpc) is 2.78. The normalized spacial score (nSPS) is 13.7. The number of nitrogens with one attached hydrogen (secondary N) is 1. The zero-order valence-corrected chi connectivity index (χ0v) is 13.7. The first-order valence-corrected chi connectivity index (χ1v) is 8.03. The van der Waals surface area contributed by atoms with Gasteiger partial charge >= 0.3 is 0 Å². The number of hydrogen-bond donors (Lipinski definition) is 2. The van der Waals surface area contributed by atoms with E-state index in [9.17, 15) is 9.90 Å². The van der Waals surface area contributed by atoms with Gasteiger partial charge in [0.1, 0.15) is 4.34 Å². The summed E-state index contributed by atoms with van der Waals surface area (Å²) in [5.74, 6) is -0.282. The van der Waals surface area contributed by atoms with Crippen LogP contribution >= 0.6 is 34.5 Å². The van der Waals surface area contributed by atoms with Gasteiger partial charge in [0.2, 0.25) is 0 Å². The Hall–Kier alpha value is -1.07. The highest BCUT2D eigenvalue weighted by Crippen LogP contribution is 2.31. The molecule has 2 unspecified atom stereocenters. The van der Waals surface area contributed by atoms with Gasteiger partial charge < -0.3 is 10.4 Å². The van der Waals surface area contributed by atoms with Crippen molar-refractivity contribution in [2.24, 2.45) is 0 Å². The number of benzene rings is 1. The minimum absolute atomic E-state index is 0.192. The van der Waals surface area contributed by atoms with Crippen molar-refractivity contribution in [3.8, 4) is 0 Å². The molecule has 2 aromatic rings. The summed E-state index contributed by atoms with van der Waals surface area (Å²) in [6.07, 6.45) is -0.200. The van der Waals surface area contributed by atoms with Crippen LogP contribution in [-0.4, -0.2) is 17.1 Å². The van der Waals surface area contributed by atoms with Crippen LogP contribution < -0.4 is 5.32 Å². The number of halogens is 2. The molecule has 6 heteroatoms. The largest absolute Gasteiger partial charge is 0.388 e. The summed E-state index contributed by atoms with van der Waals surface area (Å²) in [4.78, 5) is 12.1. The van der Waals surface area contributed by atoms with Gasteiger partial charge in [-0.25, -0.2) is 0 Å². The summed E-state index contributed by atoms with van der Waals surface area (Å²) < 4.78 is 0.843. The van der Waals surface area contributed by atoms with Crippen LogP contribution in [-0.2, 0) is 0 Å². The summed E-state index contributed by atoms with van der Waals surface area (Å²) in [5.41, 5.74) is 1.20. The fourth-order valence-corrected chi connectivity index (χ4v) is 3.46. The molecule has 112 valence electrons. The van der Waals surface area contributed by atoms with E-state index in [1.807, 2.05) is 37.3 Å². The molecule has 0 fully saturated rings. The number of rotatable bonds is 5. The third-order valence-electron chi connectivity index (χ3n) is 3.04. The second-order valence-corrected chi connectivity index (χ2v) is 7.06. The minimum Gasteiger partial charge on any atom is -0.388 e. The van der Waals surface area contributed by atoms with Gasteiger partial charge in [0.25, 0.3) is 5.91 Å². The highest BCUT2D eigenvalue weighted by Gasteiger charge is 2.18. The number of hydrogen-bond acceptors (Lipinski definition) is 3. The molecule has 1 amide bonds. The highest BCUT2D eigenvalue weighted by molar-refractivity contribution is 7.20. The molecule has 2 atom stereocenters. The van der Waals surface area contributed by atoms with Gasteiger partial charge in [0.05, 0.1) is 16.0 Å². The third-order valence-corrected chi connectivity index (χ3v) is 4.53. The zero-order chi connectivity index (χ0) is 15.4. The maximum absolute atomic E-state index is 12.1. The molecule has 0 radical (unpaired) electrons. The Labute approximate surface area is 137 Å². The second-order valence-electron chi connectivity index (χ2n) is 4.77. The molecule has 0 aliphatic heterocycles. The Morgan fingerprint density at radius 1 is 1.33 bits per heavy atom. The van der Waals surface area contributed by atoms with Gasteiger partial charge in [-0.15, -0.1) is 11.3 Å². The number of aliphatic hydroxyl groups is 1. The van der Waals surface area contributed by atoms with Crippen LogP contribution in [0, 0.1) is 0 Å². The first-order chi connectivity index (χ1) is 9.97. The number of carbonyl (C=O) groups is 1. The average molecular weight is 344 g/mol. The van der Waals surface area contributed by atoms with Crippen molar-refractivity contribution in [1.29, 1.82) is 0 Å². The van der Waals surface area contributed by atoms with Crippen molar-refractivity contribution in [2.45, 2.75) is 25.5 Å². The molecule has 0 aliphatic carbocycles. The molecular weight excluding hydrogens is 329 g/mol. The first kappa shape index (κ1) is 16.3. The number of thiophene rings is 1. The van der Waals surface area contributed by atoms with E-state index in [4.69, 9.17) is 23.2 Å². The van der Waals surface area contributed by atoms with E-state index in [2.05, 4.69) is 5.32 Å². The van der Waals surface area contributed by atoms with Crippen LogP contribution in [0.5, 0.6) is 0 Å². The fraction of sp³-hybridized carbons (Fsp3) is 0.267. The monoisotopic (exact) mass is 343 g/mol. The fourth-order valence-electron chi connectivity index (χ4n) is 2.00. The van der Waals surface area contributed by atoms with E-state index in [1.54, 1.807) is 6.07 Å². The Bertz CT molecular complexity index is 615. The molecule has 1 aromatic heterocycles. The molecule has 0 saturated heterocycles. The third kappa shape index (κ3) is 4.45. The molecule has 0 bridgehead atoms. The summed E-state index contributed by atoms with van der Waals surface area (Å²) in [5, 5.41) is 13.0. The maximum atomic E-state index is 12.1. The van der Waals surface area contributed by atoms with Gasteiger partial charge in [0, 0.05) is 6.04 Å². The maximum Gasteiger partial charge on any atom is 0.253 e. The van der Waals surface area contributed by atoms with Crippen LogP contribution in [0.25, 0.3) is 0 Å². The Balaban J connectivity index is 1.94. The predicted molar refractivity (Wildman–Crippen MR) is 87.3 cm³/mol. The molecular formula is C15H15Cl2NO2S. The first-order valence-electron chi connectivity index (χ1n) is 6.46. The molecule has 2 rings (SSSR count).